The molecule has 26 heavy (non-hydrogen) atoms. The van der Waals surface area contributed by atoms with Gasteiger partial charge in [-0.25, -0.2) is 4.79 Å². The third-order valence-corrected chi connectivity index (χ3v) is 4.79. The van der Waals surface area contributed by atoms with E-state index in [1.807, 2.05) is 6.07 Å². The van der Waals surface area contributed by atoms with Crippen LogP contribution in [0.25, 0.3) is 0 Å². The molecule has 1 aromatic rings. The van der Waals surface area contributed by atoms with Crippen molar-refractivity contribution in [2.75, 3.05) is 25.1 Å². The highest BCUT2D eigenvalue weighted by molar-refractivity contribution is 6.40. The molecule has 2 amide bonds. The molecule has 8 heteroatoms. The van der Waals surface area contributed by atoms with Crippen LogP contribution >= 0.6 is 0 Å². The normalized spacial score (nSPS) is 22.7. The van der Waals surface area contributed by atoms with E-state index in [2.05, 4.69) is 10.4 Å². The number of hydrazone groups is 1. The van der Waals surface area contributed by atoms with E-state index >= 15 is 0 Å². The highest BCUT2D eigenvalue weighted by Crippen LogP contribution is 2.26. The molecule has 138 valence electrons. The van der Waals surface area contributed by atoms with Gasteiger partial charge >= 0.3 is 5.97 Å². The van der Waals surface area contributed by atoms with Gasteiger partial charge in [0.2, 0.25) is 5.91 Å². The molecule has 1 saturated heterocycles. The number of anilines is 1. The molecule has 0 bridgehead atoms. The van der Waals surface area contributed by atoms with Gasteiger partial charge in [0, 0.05) is 26.6 Å². The lowest BCUT2D eigenvalue weighted by Gasteiger charge is -2.31. The van der Waals surface area contributed by atoms with Crippen LogP contribution in [0.5, 0.6) is 0 Å². The highest BCUT2D eigenvalue weighted by Gasteiger charge is 2.38. The fourth-order valence-corrected chi connectivity index (χ4v) is 3.41. The Bertz CT molecular complexity index is 734. The van der Waals surface area contributed by atoms with E-state index in [-0.39, 0.29) is 29.9 Å². The minimum absolute atomic E-state index is 0.0458. The van der Waals surface area contributed by atoms with Crippen molar-refractivity contribution >= 4 is 29.2 Å². The summed E-state index contributed by atoms with van der Waals surface area (Å²) in [6, 6.07) is 8.03. The number of para-hydroxylation sites is 1. The van der Waals surface area contributed by atoms with E-state index in [0.717, 1.165) is 12.8 Å². The van der Waals surface area contributed by atoms with Crippen LogP contribution in [-0.4, -0.2) is 59.7 Å². The maximum absolute atomic E-state index is 12.8. The first-order chi connectivity index (χ1) is 12.5. The maximum atomic E-state index is 12.8. The summed E-state index contributed by atoms with van der Waals surface area (Å²) in [5.74, 6) is -1.63. The zero-order valence-corrected chi connectivity index (χ0v) is 14.6. The van der Waals surface area contributed by atoms with Crippen molar-refractivity contribution in [2.24, 2.45) is 11.0 Å². The number of nitrogens with one attached hydrogen (secondary N) is 1. The number of nitrogens with zero attached hydrogens (tertiary/aromatic N) is 3. The van der Waals surface area contributed by atoms with Crippen LogP contribution in [-0.2, 0) is 14.4 Å². The first kappa shape index (κ1) is 17.9. The second-order valence-electron chi connectivity index (χ2n) is 6.49. The second kappa shape index (κ2) is 7.55. The Morgan fingerprint density at radius 3 is 2.62 bits per heavy atom. The predicted molar refractivity (Wildman–Crippen MR) is 95.8 cm³/mol. The fourth-order valence-electron chi connectivity index (χ4n) is 3.41. The average Bonchev–Trinajstić information content (AvgIpc) is 3.13. The van der Waals surface area contributed by atoms with Gasteiger partial charge in [-0.15, -0.1) is 0 Å². The van der Waals surface area contributed by atoms with Crippen molar-refractivity contribution in [1.82, 2.24) is 10.2 Å². The van der Waals surface area contributed by atoms with Gasteiger partial charge in [-0.1, -0.05) is 18.2 Å². The van der Waals surface area contributed by atoms with Crippen molar-refractivity contribution in [3.8, 4) is 0 Å². The summed E-state index contributed by atoms with van der Waals surface area (Å²) in [4.78, 5) is 37.9. The minimum atomic E-state index is -1.03. The van der Waals surface area contributed by atoms with Gasteiger partial charge in [0.1, 0.15) is 5.71 Å². The molecule has 2 heterocycles. The van der Waals surface area contributed by atoms with Crippen molar-refractivity contribution in [3.05, 3.63) is 30.3 Å². The third-order valence-electron chi connectivity index (χ3n) is 4.79. The number of hydrogen-bond donors (Lipinski definition) is 2. The Kier molecular flexibility index (Phi) is 5.20. The lowest BCUT2D eigenvalue weighted by atomic mass is 9.96. The van der Waals surface area contributed by atoms with E-state index in [9.17, 15) is 19.5 Å². The van der Waals surface area contributed by atoms with Gasteiger partial charge in [-0.05, 0) is 25.0 Å². The van der Waals surface area contributed by atoms with E-state index < -0.39 is 12.0 Å². The van der Waals surface area contributed by atoms with Crippen LogP contribution in [0.2, 0.25) is 0 Å². The molecular formula is C18H22N4O4. The number of piperidine rings is 1. The van der Waals surface area contributed by atoms with Crippen molar-refractivity contribution in [3.63, 3.8) is 0 Å². The number of carboxylic acid groups (broad SMARTS) is 1. The lowest BCUT2D eigenvalue weighted by molar-refractivity contribution is -0.138. The first-order valence-corrected chi connectivity index (χ1v) is 8.66. The quantitative estimate of drug-likeness (QED) is 0.824. The second-order valence-corrected chi connectivity index (χ2v) is 6.49. The molecule has 2 unspecified atom stereocenters. The van der Waals surface area contributed by atoms with Crippen molar-refractivity contribution in [2.45, 2.75) is 25.3 Å². The third kappa shape index (κ3) is 3.54. The number of rotatable bonds is 4. The van der Waals surface area contributed by atoms with Crippen LogP contribution in [0.4, 0.5) is 5.69 Å². The molecule has 0 saturated carbocycles. The Hall–Kier alpha value is -2.90. The lowest BCUT2D eigenvalue weighted by Crippen LogP contribution is -2.47. The van der Waals surface area contributed by atoms with Gasteiger partial charge in [0.05, 0.1) is 11.6 Å². The molecule has 2 atom stereocenters. The summed E-state index contributed by atoms with van der Waals surface area (Å²) < 4.78 is 0. The number of carbonyl (C=O) groups is 3. The average molecular weight is 358 g/mol. The van der Waals surface area contributed by atoms with Crippen LogP contribution in [0, 0.1) is 5.92 Å². The summed E-state index contributed by atoms with van der Waals surface area (Å²) in [5.41, 5.74) is 0.850. The molecule has 0 aliphatic carbocycles. The summed E-state index contributed by atoms with van der Waals surface area (Å²) in [5, 5.41) is 17.8. The summed E-state index contributed by atoms with van der Waals surface area (Å²) in [6.45, 7) is 0.884. The van der Waals surface area contributed by atoms with Gasteiger partial charge in [-0.3, -0.25) is 14.6 Å². The topological polar surface area (TPSA) is 102 Å². The molecule has 2 N–H and O–H groups in total. The predicted octanol–water partition coefficient (Wildman–Crippen LogP) is 0.690. The number of likely N-dealkylation sites (tertiary alicyclic amines) is 1. The Morgan fingerprint density at radius 2 is 1.96 bits per heavy atom. The highest BCUT2D eigenvalue weighted by atomic mass is 16.4. The summed E-state index contributed by atoms with van der Waals surface area (Å²) in [6.07, 6.45) is 1.52. The van der Waals surface area contributed by atoms with Crippen LogP contribution in [0.3, 0.4) is 0 Å². The van der Waals surface area contributed by atoms with Crippen molar-refractivity contribution in [1.29, 1.82) is 0 Å². The maximum Gasteiger partial charge on any atom is 0.328 e. The number of benzene rings is 1. The van der Waals surface area contributed by atoms with E-state index in [0.29, 0.717) is 18.8 Å². The molecule has 8 nitrogen and oxygen atoms in total. The van der Waals surface area contributed by atoms with Crippen LogP contribution < -0.4 is 10.3 Å². The van der Waals surface area contributed by atoms with Gasteiger partial charge in [0.25, 0.3) is 5.91 Å². The SMILES string of the molecule is CNC(=O)C1CCCN(C(=O)C2=NN(c3ccccc3)C(C(=O)O)C2)C1. The molecular weight excluding hydrogens is 336 g/mol. The molecule has 0 spiro atoms. The van der Waals surface area contributed by atoms with Crippen LogP contribution in [0.1, 0.15) is 19.3 Å². The molecule has 2 aliphatic heterocycles. The van der Waals surface area contributed by atoms with Gasteiger partial charge in [0.15, 0.2) is 6.04 Å². The molecule has 3 rings (SSSR count). The monoisotopic (exact) mass is 358 g/mol. The van der Waals surface area contributed by atoms with Gasteiger partial charge in [-0.2, -0.15) is 5.10 Å². The Morgan fingerprint density at radius 1 is 1.23 bits per heavy atom. The first-order valence-electron chi connectivity index (χ1n) is 8.66. The van der Waals surface area contributed by atoms with Gasteiger partial charge < -0.3 is 15.3 Å². The largest absolute Gasteiger partial charge is 0.480 e. The van der Waals surface area contributed by atoms with Crippen LogP contribution in [0.15, 0.2) is 35.4 Å². The molecule has 1 aromatic carbocycles. The van der Waals surface area contributed by atoms with E-state index in [1.165, 1.54) is 5.01 Å². The molecule has 1 fully saturated rings. The number of carboxylic acids is 1. The Labute approximate surface area is 151 Å². The number of amides is 2. The van der Waals surface area contributed by atoms with Crippen molar-refractivity contribution < 1.29 is 19.5 Å². The molecule has 0 aromatic heterocycles. The minimum Gasteiger partial charge on any atom is -0.480 e. The fraction of sp³-hybridized carbons (Fsp3) is 0.444. The smallest absolute Gasteiger partial charge is 0.328 e. The summed E-state index contributed by atoms with van der Waals surface area (Å²) >= 11 is 0. The Balaban J connectivity index is 1.78. The number of carbonyl (C=O) groups excluding carboxylic acids is 2. The number of aliphatic carboxylic acids is 1. The summed E-state index contributed by atoms with van der Waals surface area (Å²) in [7, 11) is 1.58. The molecule has 0 radical (unpaired) electrons. The number of hydrogen-bond acceptors (Lipinski definition) is 5. The van der Waals surface area contributed by atoms with E-state index in [4.69, 9.17) is 0 Å². The standard InChI is InChI=1S/C18H22N4O4/c1-19-16(23)12-6-5-9-21(11-12)17(24)14-10-15(18(25)26)22(20-14)13-7-3-2-4-8-13/h2-4,7-8,12,15H,5-6,9-11H2,1H3,(H,19,23)(H,25,26). The van der Waals surface area contributed by atoms with E-state index in [1.54, 1.807) is 36.2 Å². The molecule has 2 aliphatic rings. The zero-order chi connectivity index (χ0) is 18.7. The zero-order valence-electron chi connectivity index (χ0n) is 14.6.